The number of hydrogen-bond donors (Lipinski definition) is 1. The zero-order valence-electron chi connectivity index (χ0n) is 15.0. The van der Waals surface area contributed by atoms with Gasteiger partial charge in [0.1, 0.15) is 12.4 Å². The van der Waals surface area contributed by atoms with Crippen LogP contribution < -0.4 is 10.1 Å². The molecule has 0 unspecified atom stereocenters. The van der Waals surface area contributed by atoms with Gasteiger partial charge in [0.2, 0.25) is 0 Å². The van der Waals surface area contributed by atoms with Crippen LogP contribution in [-0.2, 0) is 5.41 Å². The largest absolute Gasteiger partial charge is 0.492 e. The van der Waals surface area contributed by atoms with Crippen LogP contribution in [0.3, 0.4) is 0 Å². The molecule has 1 fully saturated rings. The van der Waals surface area contributed by atoms with E-state index in [-0.39, 0.29) is 11.4 Å². The van der Waals surface area contributed by atoms with Crippen molar-refractivity contribution < 1.29 is 9.53 Å². The summed E-state index contributed by atoms with van der Waals surface area (Å²) < 4.78 is 5.71. The molecule has 4 nitrogen and oxygen atoms in total. The lowest BCUT2D eigenvalue weighted by atomic mass is 9.96. The fourth-order valence-electron chi connectivity index (χ4n) is 3.00. The van der Waals surface area contributed by atoms with E-state index >= 15 is 0 Å². The molecular formula is C21H26N2O2. The first-order chi connectivity index (χ1) is 12.1. The average Bonchev–Trinajstić information content (AvgIpc) is 3.42. The van der Waals surface area contributed by atoms with Crippen LogP contribution in [0.4, 0.5) is 4.79 Å². The number of benzene rings is 2. The fraction of sp³-hybridized carbons (Fsp3) is 0.381. The minimum atomic E-state index is -0.0463. The normalized spacial score (nSPS) is 14.6. The van der Waals surface area contributed by atoms with Crippen molar-refractivity contribution in [2.24, 2.45) is 0 Å². The maximum atomic E-state index is 12.3. The van der Waals surface area contributed by atoms with Crippen molar-refractivity contribution in [1.29, 1.82) is 0 Å². The predicted molar refractivity (Wildman–Crippen MR) is 100 cm³/mol. The van der Waals surface area contributed by atoms with E-state index in [0.29, 0.717) is 19.7 Å². The third kappa shape index (κ3) is 4.53. The van der Waals surface area contributed by atoms with Gasteiger partial charge >= 0.3 is 6.03 Å². The quantitative estimate of drug-likeness (QED) is 0.835. The molecule has 0 atom stereocenters. The van der Waals surface area contributed by atoms with Crippen LogP contribution in [0.5, 0.6) is 5.75 Å². The molecule has 0 bridgehead atoms. The number of nitrogens with one attached hydrogen (secondary N) is 1. The van der Waals surface area contributed by atoms with Gasteiger partial charge in [-0.3, -0.25) is 0 Å². The van der Waals surface area contributed by atoms with Gasteiger partial charge in [0.15, 0.2) is 0 Å². The van der Waals surface area contributed by atoms with Crippen molar-refractivity contribution in [2.45, 2.75) is 25.2 Å². The SMILES string of the molecule is Cc1cccc(OCCN(C)C(=O)NCC2(c3ccccc3)CC2)c1. The van der Waals surface area contributed by atoms with Gasteiger partial charge in [-0.2, -0.15) is 0 Å². The summed E-state index contributed by atoms with van der Waals surface area (Å²) in [5.41, 5.74) is 2.62. The molecule has 0 heterocycles. The summed E-state index contributed by atoms with van der Waals surface area (Å²) in [5.74, 6) is 0.842. The molecule has 1 N–H and O–H groups in total. The molecule has 132 valence electrons. The highest BCUT2D eigenvalue weighted by atomic mass is 16.5. The van der Waals surface area contributed by atoms with E-state index < -0.39 is 0 Å². The van der Waals surface area contributed by atoms with Crippen molar-refractivity contribution in [1.82, 2.24) is 10.2 Å². The van der Waals surface area contributed by atoms with Gasteiger partial charge in [-0.1, -0.05) is 42.5 Å². The molecule has 0 aromatic heterocycles. The van der Waals surface area contributed by atoms with Crippen molar-refractivity contribution in [2.75, 3.05) is 26.7 Å². The average molecular weight is 338 g/mol. The van der Waals surface area contributed by atoms with E-state index in [2.05, 4.69) is 29.6 Å². The minimum absolute atomic E-state index is 0.0463. The maximum absolute atomic E-state index is 12.3. The second-order valence-corrected chi connectivity index (χ2v) is 6.89. The highest BCUT2D eigenvalue weighted by Gasteiger charge is 2.44. The number of rotatable bonds is 7. The monoisotopic (exact) mass is 338 g/mol. The van der Waals surface area contributed by atoms with Crippen LogP contribution in [0.25, 0.3) is 0 Å². The molecule has 2 amide bonds. The molecule has 1 saturated carbocycles. The number of likely N-dealkylation sites (N-methyl/N-ethyl adjacent to an activating group) is 1. The van der Waals surface area contributed by atoms with Gasteiger partial charge < -0.3 is 15.0 Å². The van der Waals surface area contributed by atoms with Gasteiger partial charge in [-0.25, -0.2) is 4.79 Å². The van der Waals surface area contributed by atoms with Crippen molar-refractivity contribution in [3.05, 3.63) is 65.7 Å². The van der Waals surface area contributed by atoms with Gasteiger partial charge in [-0.15, -0.1) is 0 Å². The van der Waals surface area contributed by atoms with E-state index in [1.807, 2.05) is 37.3 Å². The Labute approximate surface area is 149 Å². The lowest BCUT2D eigenvalue weighted by Gasteiger charge is -2.21. The highest BCUT2D eigenvalue weighted by molar-refractivity contribution is 5.74. The molecule has 1 aliphatic rings. The summed E-state index contributed by atoms with van der Waals surface area (Å²) >= 11 is 0. The summed E-state index contributed by atoms with van der Waals surface area (Å²) in [7, 11) is 1.80. The van der Waals surface area contributed by atoms with E-state index in [0.717, 1.165) is 18.6 Å². The number of hydrogen-bond acceptors (Lipinski definition) is 2. The summed E-state index contributed by atoms with van der Waals surface area (Å²) in [4.78, 5) is 14.0. The van der Waals surface area contributed by atoms with Crippen LogP contribution in [0.2, 0.25) is 0 Å². The van der Waals surface area contributed by atoms with Crippen LogP contribution in [0, 0.1) is 6.92 Å². The summed E-state index contributed by atoms with van der Waals surface area (Å²) in [6, 6.07) is 18.3. The number of carbonyl (C=O) groups is 1. The van der Waals surface area contributed by atoms with Gasteiger partial charge in [-0.05, 0) is 43.0 Å². The topological polar surface area (TPSA) is 41.6 Å². The number of aryl methyl sites for hydroxylation is 1. The smallest absolute Gasteiger partial charge is 0.317 e. The number of amides is 2. The zero-order chi connectivity index (χ0) is 17.7. The Kier molecular flexibility index (Phi) is 5.27. The number of nitrogens with zero attached hydrogens (tertiary/aromatic N) is 1. The second-order valence-electron chi connectivity index (χ2n) is 6.89. The summed E-state index contributed by atoms with van der Waals surface area (Å²) in [5, 5.41) is 3.07. The molecule has 25 heavy (non-hydrogen) atoms. The standard InChI is InChI=1S/C21H26N2O2/c1-17-7-6-10-19(15-17)25-14-13-23(2)20(24)22-16-21(11-12-21)18-8-4-3-5-9-18/h3-10,15H,11-14,16H2,1-2H3,(H,22,24). The number of urea groups is 1. The number of carbonyl (C=O) groups excluding carboxylic acids is 1. The Hall–Kier alpha value is -2.49. The maximum Gasteiger partial charge on any atom is 0.317 e. The van der Waals surface area contributed by atoms with Crippen LogP contribution >= 0.6 is 0 Å². The lowest BCUT2D eigenvalue weighted by molar-refractivity contribution is 0.194. The van der Waals surface area contributed by atoms with Crippen LogP contribution in [0.15, 0.2) is 54.6 Å². The Balaban J connectivity index is 1.42. The first-order valence-electron chi connectivity index (χ1n) is 8.83. The molecule has 4 heteroatoms. The molecule has 0 aliphatic heterocycles. The summed E-state index contributed by atoms with van der Waals surface area (Å²) in [6.45, 7) is 3.76. The molecule has 0 spiro atoms. The minimum Gasteiger partial charge on any atom is -0.492 e. The third-order valence-electron chi connectivity index (χ3n) is 4.85. The van der Waals surface area contributed by atoms with E-state index in [1.165, 1.54) is 11.1 Å². The molecule has 3 rings (SSSR count). The molecular weight excluding hydrogens is 312 g/mol. The highest BCUT2D eigenvalue weighted by Crippen LogP contribution is 2.47. The Morgan fingerprint density at radius 1 is 1.16 bits per heavy atom. The van der Waals surface area contributed by atoms with Crippen molar-refractivity contribution >= 4 is 6.03 Å². The van der Waals surface area contributed by atoms with E-state index in [9.17, 15) is 4.79 Å². The fourth-order valence-corrected chi connectivity index (χ4v) is 3.00. The van der Waals surface area contributed by atoms with Gasteiger partial charge in [0, 0.05) is 19.0 Å². The predicted octanol–water partition coefficient (Wildman–Crippen LogP) is 3.75. The first kappa shape index (κ1) is 17.3. The van der Waals surface area contributed by atoms with E-state index in [4.69, 9.17) is 4.74 Å². The first-order valence-corrected chi connectivity index (χ1v) is 8.83. The zero-order valence-corrected chi connectivity index (χ0v) is 15.0. The second kappa shape index (κ2) is 7.60. The number of ether oxygens (including phenoxy) is 1. The molecule has 1 aliphatic carbocycles. The molecule has 0 radical (unpaired) electrons. The molecule has 2 aromatic rings. The Morgan fingerprint density at radius 2 is 1.92 bits per heavy atom. The van der Waals surface area contributed by atoms with Crippen molar-refractivity contribution in [3.8, 4) is 5.75 Å². The Bertz CT molecular complexity index is 711. The van der Waals surface area contributed by atoms with Crippen molar-refractivity contribution in [3.63, 3.8) is 0 Å². The molecule has 2 aromatic carbocycles. The van der Waals surface area contributed by atoms with Gasteiger partial charge in [0.05, 0.1) is 6.54 Å². The summed E-state index contributed by atoms with van der Waals surface area (Å²) in [6.07, 6.45) is 2.27. The van der Waals surface area contributed by atoms with Crippen LogP contribution in [0.1, 0.15) is 24.0 Å². The Morgan fingerprint density at radius 3 is 2.60 bits per heavy atom. The van der Waals surface area contributed by atoms with E-state index in [1.54, 1.807) is 11.9 Å². The molecule has 0 saturated heterocycles. The lowest BCUT2D eigenvalue weighted by Crippen LogP contribution is -2.42. The van der Waals surface area contributed by atoms with Crippen LogP contribution in [-0.4, -0.2) is 37.7 Å². The third-order valence-corrected chi connectivity index (χ3v) is 4.85. The van der Waals surface area contributed by atoms with Gasteiger partial charge in [0.25, 0.3) is 0 Å².